The molecule has 17 heavy (non-hydrogen) atoms. The number of carbonyl (C=O) groups excluding carboxylic acids is 1. The van der Waals surface area contributed by atoms with E-state index in [2.05, 4.69) is 11.7 Å². The Morgan fingerprint density at radius 3 is 2.94 bits per heavy atom. The van der Waals surface area contributed by atoms with E-state index in [9.17, 15) is 9.18 Å². The topological polar surface area (TPSA) is 38.1 Å². The molecular weight excluding hydrogens is 221 g/mol. The normalized spacial score (nSPS) is 23.6. The molecule has 4 nitrogen and oxygen atoms in total. The Hall–Kier alpha value is -1.65. The molecule has 1 aromatic heterocycles. The van der Waals surface area contributed by atoms with E-state index >= 15 is 0 Å². The van der Waals surface area contributed by atoms with Crippen LogP contribution in [0, 0.1) is 0 Å². The summed E-state index contributed by atoms with van der Waals surface area (Å²) in [5.41, 5.74) is 0. The van der Waals surface area contributed by atoms with Crippen molar-refractivity contribution >= 4 is 5.91 Å². The summed E-state index contributed by atoms with van der Waals surface area (Å²) < 4.78 is 14.7. The van der Waals surface area contributed by atoms with Gasteiger partial charge in [-0.05, 0) is 25.3 Å². The fourth-order valence-electron chi connectivity index (χ4n) is 2.50. The minimum Gasteiger partial charge on any atom is -0.335 e. The van der Waals surface area contributed by atoms with Crippen LogP contribution in [-0.2, 0) is 4.79 Å². The van der Waals surface area contributed by atoms with Crippen molar-refractivity contribution < 1.29 is 9.18 Å². The molecule has 0 saturated heterocycles. The van der Waals surface area contributed by atoms with Gasteiger partial charge in [0.2, 0.25) is 0 Å². The molecule has 1 aliphatic carbocycles. The molecule has 1 aliphatic rings. The van der Waals surface area contributed by atoms with E-state index in [1.54, 1.807) is 13.2 Å². The van der Waals surface area contributed by atoms with Gasteiger partial charge in [0.05, 0.1) is 12.1 Å². The molecule has 0 N–H and O–H groups in total. The van der Waals surface area contributed by atoms with Crippen molar-refractivity contribution in [2.24, 2.45) is 0 Å². The monoisotopic (exact) mass is 237 g/mol. The predicted octanol–water partition coefficient (Wildman–Crippen LogP) is 1.92. The molecule has 0 aliphatic heterocycles. The van der Waals surface area contributed by atoms with Crippen LogP contribution in [0.3, 0.4) is 0 Å². The van der Waals surface area contributed by atoms with Gasteiger partial charge in [0, 0.05) is 19.4 Å². The molecule has 0 aromatic carbocycles. The Morgan fingerprint density at radius 2 is 2.35 bits per heavy atom. The molecule has 1 saturated carbocycles. The number of aromatic nitrogens is 2. The highest BCUT2D eigenvalue weighted by Gasteiger charge is 2.34. The summed E-state index contributed by atoms with van der Waals surface area (Å²) in [6.45, 7) is 3.06. The van der Waals surface area contributed by atoms with E-state index in [4.69, 9.17) is 0 Å². The number of amides is 1. The van der Waals surface area contributed by atoms with Crippen LogP contribution in [0.1, 0.15) is 25.3 Å². The van der Waals surface area contributed by atoms with Crippen LogP contribution in [-0.4, -0.2) is 33.7 Å². The molecule has 5 heteroatoms. The Labute approximate surface area is 99.7 Å². The zero-order valence-electron chi connectivity index (χ0n) is 9.84. The van der Waals surface area contributed by atoms with Crippen molar-refractivity contribution in [1.29, 1.82) is 0 Å². The summed E-state index contributed by atoms with van der Waals surface area (Å²) >= 11 is 0. The summed E-state index contributed by atoms with van der Waals surface area (Å²) in [4.78, 5) is 13.0. The predicted molar refractivity (Wildman–Crippen MR) is 61.9 cm³/mol. The smallest absolute Gasteiger partial charge is 0.282 e. The average molecular weight is 237 g/mol. The third-order valence-electron chi connectivity index (χ3n) is 3.36. The minimum absolute atomic E-state index is 0.00472. The second-order valence-corrected chi connectivity index (χ2v) is 4.37. The lowest BCUT2D eigenvalue weighted by molar-refractivity contribution is -0.130. The van der Waals surface area contributed by atoms with E-state index in [0.29, 0.717) is 0 Å². The number of hydrogen-bond donors (Lipinski definition) is 0. The second-order valence-electron chi connectivity index (χ2n) is 4.37. The Kier molecular flexibility index (Phi) is 3.26. The van der Waals surface area contributed by atoms with Crippen LogP contribution < -0.4 is 0 Å². The van der Waals surface area contributed by atoms with Gasteiger partial charge in [0.25, 0.3) is 5.91 Å². The van der Waals surface area contributed by atoms with Gasteiger partial charge in [-0.1, -0.05) is 6.58 Å². The van der Waals surface area contributed by atoms with Gasteiger partial charge in [0.15, 0.2) is 5.83 Å². The highest BCUT2D eigenvalue weighted by molar-refractivity contribution is 5.90. The molecule has 0 radical (unpaired) electrons. The number of rotatable bonds is 3. The first-order valence-electron chi connectivity index (χ1n) is 5.72. The second kappa shape index (κ2) is 4.69. The summed E-state index contributed by atoms with van der Waals surface area (Å²) in [6.07, 6.45) is 6.45. The highest BCUT2D eigenvalue weighted by atomic mass is 19.1. The van der Waals surface area contributed by atoms with E-state index in [1.807, 2.05) is 16.9 Å². The maximum absolute atomic E-state index is 12.9. The molecular formula is C12H16FN3O. The van der Waals surface area contributed by atoms with E-state index in [1.165, 1.54) is 4.90 Å². The average Bonchev–Trinajstić information content (AvgIpc) is 2.96. The fraction of sp³-hybridized carbons (Fsp3) is 0.500. The SMILES string of the molecule is C=C(F)C(=O)N(C)C1CCCC1n1cccn1. The Balaban J connectivity index is 2.15. The summed E-state index contributed by atoms with van der Waals surface area (Å²) in [5, 5.41) is 4.20. The van der Waals surface area contributed by atoms with Gasteiger partial charge in [-0.2, -0.15) is 5.10 Å². The van der Waals surface area contributed by atoms with Crippen molar-refractivity contribution in [3.8, 4) is 0 Å². The van der Waals surface area contributed by atoms with E-state index in [-0.39, 0.29) is 12.1 Å². The van der Waals surface area contributed by atoms with Crippen LogP contribution in [0.25, 0.3) is 0 Å². The number of hydrogen-bond acceptors (Lipinski definition) is 2. The van der Waals surface area contributed by atoms with Crippen LogP contribution in [0.5, 0.6) is 0 Å². The zero-order valence-corrected chi connectivity index (χ0v) is 9.84. The minimum atomic E-state index is -0.904. The van der Waals surface area contributed by atoms with Gasteiger partial charge in [-0.25, -0.2) is 4.39 Å². The number of likely N-dealkylation sites (N-methyl/N-ethyl adjacent to an activating group) is 1. The first-order chi connectivity index (χ1) is 8.11. The lowest BCUT2D eigenvalue weighted by atomic mass is 10.1. The largest absolute Gasteiger partial charge is 0.335 e. The molecule has 1 fully saturated rings. The number of nitrogens with zero attached hydrogens (tertiary/aromatic N) is 3. The van der Waals surface area contributed by atoms with E-state index in [0.717, 1.165) is 19.3 Å². The van der Waals surface area contributed by atoms with Crippen LogP contribution >= 0.6 is 0 Å². The molecule has 0 spiro atoms. The Bertz CT molecular complexity index is 415. The maximum Gasteiger partial charge on any atom is 0.282 e. The standard InChI is InChI=1S/C12H16FN3O/c1-9(13)12(17)15(2)10-5-3-6-11(10)16-8-4-7-14-16/h4,7-8,10-11H,1,3,5-6H2,2H3. The fourth-order valence-corrected chi connectivity index (χ4v) is 2.50. The molecule has 2 unspecified atom stereocenters. The van der Waals surface area contributed by atoms with Crippen LogP contribution in [0.2, 0.25) is 0 Å². The van der Waals surface area contributed by atoms with Crippen molar-refractivity contribution in [1.82, 2.24) is 14.7 Å². The summed E-state index contributed by atoms with van der Waals surface area (Å²) in [6, 6.07) is 1.99. The van der Waals surface area contributed by atoms with Crippen molar-refractivity contribution in [3.63, 3.8) is 0 Å². The number of carbonyl (C=O) groups is 1. The molecule has 1 heterocycles. The van der Waals surface area contributed by atoms with Crippen molar-refractivity contribution in [3.05, 3.63) is 30.9 Å². The highest BCUT2D eigenvalue weighted by Crippen LogP contribution is 2.33. The maximum atomic E-state index is 12.9. The summed E-state index contributed by atoms with van der Waals surface area (Å²) in [5.74, 6) is -1.53. The van der Waals surface area contributed by atoms with Crippen LogP contribution in [0.15, 0.2) is 30.9 Å². The van der Waals surface area contributed by atoms with Crippen molar-refractivity contribution in [2.45, 2.75) is 31.3 Å². The van der Waals surface area contributed by atoms with E-state index < -0.39 is 11.7 Å². The van der Waals surface area contributed by atoms with Crippen molar-refractivity contribution in [2.75, 3.05) is 7.05 Å². The van der Waals surface area contributed by atoms with Gasteiger partial charge >= 0.3 is 0 Å². The van der Waals surface area contributed by atoms with Gasteiger partial charge < -0.3 is 4.90 Å². The molecule has 0 bridgehead atoms. The Morgan fingerprint density at radius 1 is 1.59 bits per heavy atom. The quantitative estimate of drug-likeness (QED) is 0.753. The lowest BCUT2D eigenvalue weighted by Gasteiger charge is -2.29. The van der Waals surface area contributed by atoms with Gasteiger partial charge in [-0.3, -0.25) is 9.48 Å². The zero-order chi connectivity index (χ0) is 12.4. The number of halogens is 1. The first-order valence-corrected chi connectivity index (χ1v) is 5.72. The van der Waals surface area contributed by atoms with Gasteiger partial charge in [-0.15, -0.1) is 0 Å². The first kappa shape index (κ1) is 11.8. The molecule has 92 valence electrons. The third-order valence-corrected chi connectivity index (χ3v) is 3.36. The molecule has 2 rings (SSSR count). The molecule has 1 aromatic rings. The van der Waals surface area contributed by atoms with Gasteiger partial charge in [0.1, 0.15) is 0 Å². The molecule has 2 atom stereocenters. The lowest BCUT2D eigenvalue weighted by Crippen LogP contribution is -2.40. The summed E-state index contributed by atoms with van der Waals surface area (Å²) in [7, 11) is 1.62. The third kappa shape index (κ3) is 2.23. The molecule has 1 amide bonds. The van der Waals surface area contributed by atoms with Crippen LogP contribution in [0.4, 0.5) is 4.39 Å².